The number of cyclic esters (lactones) is 1. The molecule has 0 spiro atoms. The third-order valence-corrected chi connectivity index (χ3v) is 2.28. The number of carboxylic acid groups (broad SMARTS) is 1. The Hall–Kier alpha value is -1.36. The molecule has 0 fully saturated rings. The van der Waals surface area contributed by atoms with Gasteiger partial charge in [-0.2, -0.15) is 0 Å². The lowest BCUT2D eigenvalue weighted by atomic mass is 9.95. The van der Waals surface area contributed by atoms with Crippen LogP contribution in [-0.2, 0) is 19.1 Å². The van der Waals surface area contributed by atoms with Crippen LogP contribution in [0, 0.1) is 0 Å². The Morgan fingerprint density at radius 2 is 2.43 bits per heavy atom. The smallest absolute Gasteiger partial charge is 0.342 e. The van der Waals surface area contributed by atoms with E-state index in [9.17, 15) is 9.59 Å². The lowest BCUT2D eigenvalue weighted by Crippen LogP contribution is -2.44. The number of carbonyl (C=O) groups excluding carboxylic acids is 1. The molecule has 1 N–H and O–H groups in total. The molecule has 5 heteroatoms. The molecular formula is C9H12O5. The Kier molecular flexibility index (Phi) is 2.90. The highest BCUT2D eigenvalue weighted by Crippen LogP contribution is 2.25. The molecule has 1 rings (SSSR count). The highest BCUT2D eigenvalue weighted by molar-refractivity contribution is 5.93. The zero-order valence-corrected chi connectivity index (χ0v) is 8.07. The number of rotatable bonds is 3. The van der Waals surface area contributed by atoms with E-state index >= 15 is 0 Å². The lowest BCUT2D eigenvalue weighted by Gasteiger charge is -2.29. The van der Waals surface area contributed by atoms with Gasteiger partial charge in [-0.3, -0.25) is 0 Å². The molecule has 1 heterocycles. The number of hydrogen-bond acceptors (Lipinski definition) is 4. The molecule has 14 heavy (non-hydrogen) atoms. The average Bonchev–Trinajstić information content (AvgIpc) is 2.19. The Bertz CT molecular complexity index is 288. The standard InChI is InChI=1S/C9H12O5/c1-3-9(13-2)4-6(7(10)11)5-14-8(9)12/h4H,3,5H2,1-2H3,(H,10,11). The molecule has 0 amide bonds. The van der Waals surface area contributed by atoms with Crippen LogP contribution in [0.1, 0.15) is 13.3 Å². The summed E-state index contributed by atoms with van der Waals surface area (Å²) in [5, 5.41) is 8.73. The second kappa shape index (κ2) is 3.79. The van der Waals surface area contributed by atoms with Crippen LogP contribution in [0.5, 0.6) is 0 Å². The second-order valence-corrected chi connectivity index (χ2v) is 3.00. The Balaban J connectivity index is 3.07. The summed E-state index contributed by atoms with van der Waals surface area (Å²) in [5.74, 6) is -1.63. The average molecular weight is 200 g/mol. The molecule has 1 aliphatic rings. The Morgan fingerprint density at radius 3 is 2.86 bits per heavy atom. The predicted molar refractivity (Wildman–Crippen MR) is 46.7 cm³/mol. The van der Waals surface area contributed by atoms with Gasteiger partial charge in [0.2, 0.25) is 0 Å². The van der Waals surface area contributed by atoms with Crippen LogP contribution in [0.2, 0.25) is 0 Å². The minimum atomic E-state index is -1.23. The first kappa shape index (κ1) is 10.7. The Labute approximate surface area is 81.3 Å². The number of carbonyl (C=O) groups is 2. The highest BCUT2D eigenvalue weighted by Gasteiger charge is 2.41. The molecule has 0 aromatic heterocycles. The molecule has 0 aliphatic carbocycles. The molecule has 0 aromatic rings. The van der Waals surface area contributed by atoms with Crippen LogP contribution in [0.15, 0.2) is 11.6 Å². The summed E-state index contributed by atoms with van der Waals surface area (Å²) in [7, 11) is 1.35. The van der Waals surface area contributed by atoms with Crippen LogP contribution >= 0.6 is 0 Å². The van der Waals surface area contributed by atoms with Crippen molar-refractivity contribution in [3.63, 3.8) is 0 Å². The van der Waals surface area contributed by atoms with Crippen LogP contribution in [0.3, 0.4) is 0 Å². The molecule has 0 bridgehead atoms. The maximum atomic E-state index is 11.4. The molecule has 78 valence electrons. The molecule has 0 saturated carbocycles. The van der Waals surface area contributed by atoms with Crippen LogP contribution in [-0.4, -0.2) is 36.4 Å². The fraction of sp³-hybridized carbons (Fsp3) is 0.556. The van der Waals surface area contributed by atoms with Gasteiger partial charge in [0, 0.05) is 7.11 Å². The Morgan fingerprint density at radius 1 is 1.79 bits per heavy atom. The maximum Gasteiger partial charge on any atom is 0.342 e. The number of esters is 1. The van der Waals surface area contributed by atoms with E-state index in [-0.39, 0.29) is 12.2 Å². The summed E-state index contributed by atoms with van der Waals surface area (Å²) < 4.78 is 9.74. The van der Waals surface area contributed by atoms with Crippen molar-refractivity contribution in [3.05, 3.63) is 11.6 Å². The van der Waals surface area contributed by atoms with Gasteiger partial charge in [0.05, 0.1) is 5.57 Å². The number of aliphatic carboxylic acids is 1. The van der Waals surface area contributed by atoms with Crippen LogP contribution in [0.25, 0.3) is 0 Å². The summed E-state index contributed by atoms with van der Waals surface area (Å²) in [6.07, 6.45) is 1.67. The minimum absolute atomic E-state index is 0.0494. The summed E-state index contributed by atoms with van der Waals surface area (Å²) in [4.78, 5) is 22.0. The van der Waals surface area contributed by atoms with Crippen molar-refractivity contribution >= 4 is 11.9 Å². The quantitative estimate of drug-likeness (QED) is 0.665. The van der Waals surface area contributed by atoms with Crippen molar-refractivity contribution in [2.45, 2.75) is 18.9 Å². The van der Waals surface area contributed by atoms with E-state index in [0.29, 0.717) is 6.42 Å². The highest BCUT2D eigenvalue weighted by atomic mass is 16.6. The summed E-state index contributed by atoms with van der Waals surface area (Å²) in [6.45, 7) is 1.53. The number of ether oxygens (including phenoxy) is 2. The van der Waals surface area contributed by atoms with Crippen molar-refractivity contribution in [1.82, 2.24) is 0 Å². The van der Waals surface area contributed by atoms with Gasteiger partial charge in [0.1, 0.15) is 6.61 Å². The molecule has 0 saturated heterocycles. The van der Waals surface area contributed by atoms with Crippen LogP contribution < -0.4 is 0 Å². The first-order valence-electron chi connectivity index (χ1n) is 4.23. The van der Waals surface area contributed by atoms with E-state index in [1.54, 1.807) is 6.92 Å². The van der Waals surface area contributed by atoms with E-state index in [2.05, 4.69) is 0 Å². The van der Waals surface area contributed by atoms with E-state index in [1.165, 1.54) is 13.2 Å². The van der Waals surface area contributed by atoms with Gasteiger partial charge in [-0.15, -0.1) is 0 Å². The zero-order valence-electron chi connectivity index (χ0n) is 8.07. The van der Waals surface area contributed by atoms with Gasteiger partial charge in [0.25, 0.3) is 0 Å². The van der Waals surface area contributed by atoms with E-state index in [1.807, 2.05) is 0 Å². The summed E-state index contributed by atoms with van der Waals surface area (Å²) in [5.41, 5.74) is -1.18. The monoisotopic (exact) mass is 200 g/mol. The number of methoxy groups -OCH3 is 1. The van der Waals surface area contributed by atoms with Gasteiger partial charge in [-0.25, -0.2) is 9.59 Å². The van der Waals surface area contributed by atoms with Gasteiger partial charge >= 0.3 is 11.9 Å². The fourth-order valence-corrected chi connectivity index (χ4v) is 1.30. The maximum absolute atomic E-state index is 11.4. The van der Waals surface area contributed by atoms with Crippen molar-refractivity contribution < 1.29 is 24.2 Å². The third-order valence-electron chi connectivity index (χ3n) is 2.28. The molecule has 0 aromatic carbocycles. The van der Waals surface area contributed by atoms with Crippen LogP contribution in [0.4, 0.5) is 0 Å². The molecule has 1 unspecified atom stereocenters. The van der Waals surface area contributed by atoms with E-state index < -0.39 is 17.5 Å². The van der Waals surface area contributed by atoms with Crippen molar-refractivity contribution in [2.75, 3.05) is 13.7 Å². The normalized spacial score (nSPS) is 26.7. The molecular weight excluding hydrogens is 188 g/mol. The molecule has 1 atom stereocenters. The largest absolute Gasteiger partial charge is 0.478 e. The first-order chi connectivity index (χ1) is 6.55. The van der Waals surface area contributed by atoms with Crippen molar-refractivity contribution in [3.8, 4) is 0 Å². The van der Waals surface area contributed by atoms with Crippen molar-refractivity contribution in [1.29, 1.82) is 0 Å². The molecule has 5 nitrogen and oxygen atoms in total. The van der Waals surface area contributed by atoms with E-state index in [0.717, 1.165) is 0 Å². The van der Waals surface area contributed by atoms with Gasteiger partial charge in [-0.05, 0) is 12.5 Å². The van der Waals surface area contributed by atoms with Gasteiger partial charge in [-0.1, -0.05) is 6.92 Å². The van der Waals surface area contributed by atoms with Gasteiger partial charge in [0.15, 0.2) is 5.60 Å². The number of carboxylic acids is 1. The third kappa shape index (κ3) is 1.63. The molecule has 0 radical (unpaired) electrons. The fourth-order valence-electron chi connectivity index (χ4n) is 1.30. The summed E-state index contributed by atoms with van der Waals surface area (Å²) in [6, 6.07) is 0. The SMILES string of the molecule is CCC1(OC)C=C(C(=O)O)COC1=O. The zero-order chi connectivity index (χ0) is 10.8. The summed E-state index contributed by atoms with van der Waals surface area (Å²) >= 11 is 0. The van der Waals surface area contributed by atoms with Crippen molar-refractivity contribution in [2.24, 2.45) is 0 Å². The second-order valence-electron chi connectivity index (χ2n) is 3.00. The minimum Gasteiger partial charge on any atom is -0.478 e. The predicted octanol–water partition coefficient (Wildman–Crippen LogP) is 0.349. The van der Waals surface area contributed by atoms with E-state index in [4.69, 9.17) is 14.6 Å². The molecule has 1 aliphatic heterocycles. The topological polar surface area (TPSA) is 72.8 Å². The first-order valence-corrected chi connectivity index (χ1v) is 4.23. The lowest BCUT2D eigenvalue weighted by molar-refractivity contribution is -0.165. The number of hydrogen-bond donors (Lipinski definition) is 1. The van der Waals surface area contributed by atoms with Gasteiger partial charge < -0.3 is 14.6 Å².